The molecule has 0 amide bonds. The molecule has 1 unspecified atom stereocenters. The van der Waals surface area contributed by atoms with E-state index in [4.69, 9.17) is 21.6 Å². The Bertz CT molecular complexity index is 633. The highest BCUT2D eigenvalue weighted by Crippen LogP contribution is 2.35. The van der Waals surface area contributed by atoms with Gasteiger partial charge in [-0.25, -0.2) is 0 Å². The maximum atomic E-state index is 7.59. The molecule has 0 fully saturated rings. The lowest BCUT2D eigenvalue weighted by atomic mass is 9.97. The van der Waals surface area contributed by atoms with Gasteiger partial charge < -0.3 is 21.1 Å². The number of rotatable bonds is 2. The number of benzene rings is 1. The van der Waals surface area contributed by atoms with E-state index in [2.05, 4.69) is 15.6 Å². The SMILES string of the molecule is CN=C1NC(c2ccc3c(c2)NC(N)O3)=C1C(=N)N. The fourth-order valence-electron chi connectivity index (χ4n) is 2.17. The second-order valence-electron chi connectivity index (χ2n) is 4.25. The molecule has 7 N–H and O–H groups in total. The van der Waals surface area contributed by atoms with Gasteiger partial charge in [-0.05, 0) is 18.2 Å². The summed E-state index contributed by atoms with van der Waals surface area (Å²) in [5.74, 6) is 1.34. The number of nitrogens with one attached hydrogen (secondary N) is 3. The van der Waals surface area contributed by atoms with Gasteiger partial charge in [-0.2, -0.15) is 0 Å². The summed E-state index contributed by atoms with van der Waals surface area (Å²) in [7, 11) is 1.65. The molecule has 2 aliphatic rings. The van der Waals surface area contributed by atoms with E-state index < -0.39 is 6.35 Å². The number of nitrogens with two attached hydrogens (primary N) is 2. The summed E-state index contributed by atoms with van der Waals surface area (Å²) in [6.45, 7) is 0. The molecule has 19 heavy (non-hydrogen) atoms. The van der Waals surface area contributed by atoms with Crippen LogP contribution in [0.1, 0.15) is 5.56 Å². The zero-order chi connectivity index (χ0) is 13.6. The van der Waals surface area contributed by atoms with E-state index in [1.165, 1.54) is 0 Å². The molecule has 1 atom stereocenters. The van der Waals surface area contributed by atoms with Crippen LogP contribution in [-0.2, 0) is 0 Å². The van der Waals surface area contributed by atoms with Crippen molar-refractivity contribution in [1.82, 2.24) is 5.32 Å². The first-order valence-electron chi connectivity index (χ1n) is 5.76. The zero-order valence-electron chi connectivity index (χ0n) is 10.3. The standard InChI is InChI=1S/C12H14N6O/c1-16-11-8(10(13)14)9(18-11)5-2-3-7-6(4-5)17-12(15)19-7/h2-4,12,17H,15H2,1H3,(H3,13,14)(H,16,18). The molecule has 0 radical (unpaired) electrons. The highest BCUT2D eigenvalue weighted by Gasteiger charge is 2.28. The average molecular weight is 258 g/mol. The molecule has 98 valence electrons. The predicted molar refractivity (Wildman–Crippen MR) is 74.0 cm³/mol. The van der Waals surface area contributed by atoms with E-state index in [1.807, 2.05) is 18.2 Å². The minimum absolute atomic E-state index is 0.00393. The molecule has 2 aliphatic heterocycles. The van der Waals surface area contributed by atoms with Crippen molar-refractivity contribution in [3.8, 4) is 5.75 Å². The Labute approximate surface area is 109 Å². The third-order valence-electron chi connectivity index (χ3n) is 3.04. The van der Waals surface area contributed by atoms with Crippen LogP contribution in [0.25, 0.3) is 5.70 Å². The van der Waals surface area contributed by atoms with Crippen LogP contribution in [-0.4, -0.2) is 25.1 Å². The number of aliphatic imine (C=N–C) groups is 1. The summed E-state index contributed by atoms with van der Waals surface area (Å²) in [5.41, 5.74) is 14.4. The van der Waals surface area contributed by atoms with Crippen molar-refractivity contribution >= 4 is 23.1 Å². The van der Waals surface area contributed by atoms with Crippen molar-refractivity contribution in [3.63, 3.8) is 0 Å². The van der Waals surface area contributed by atoms with Gasteiger partial charge in [0.15, 0.2) is 0 Å². The molecule has 0 saturated carbocycles. The first-order valence-corrected chi connectivity index (χ1v) is 5.76. The normalized spacial score (nSPS) is 22.2. The van der Waals surface area contributed by atoms with E-state index in [9.17, 15) is 0 Å². The molecule has 0 saturated heterocycles. The summed E-state index contributed by atoms with van der Waals surface area (Å²) >= 11 is 0. The number of fused-ring (bicyclic) bond motifs is 1. The van der Waals surface area contributed by atoms with Gasteiger partial charge in [-0.1, -0.05) is 0 Å². The fraction of sp³-hybridized carbons (Fsp3) is 0.167. The van der Waals surface area contributed by atoms with Crippen molar-refractivity contribution in [2.45, 2.75) is 6.35 Å². The lowest BCUT2D eigenvalue weighted by Gasteiger charge is -2.27. The molecule has 7 nitrogen and oxygen atoms in total. The smallest absolute Gasteiger partial charge is 0.225 e. The van der Waals surface area contributed by atoms with Crippen LogP contribution >= 0.6 is 0 Å². The highest BCUT2D eigenvalue weighted by atomic mass is 16.5. The quantitative estimate of drug-likeness (QED) is 0.378. The van der Waals surface area contributed by atoms with E-state index in [0.29, 0.717) is 17.2 Å². The summed E-state index contributed by atoms with van der Waals surface area (Å²) in [5, 5.41) is 13.7. The van der Waals surface area contributed by atoms with Crippen molar-refractivity contribution in [3.05, 3.63) is 29.3 Å². The number of ether oxygens (including phenoxy) is 1. The van der Waals surface area contributed by atoms with Crippen LogP contribution in [0.15, 0.2) is 28.8 Å². The van der Waals surface area contributed by atoms with Crippen LogP contribution in [0.4, 0.5) is 5.69 Å². The van der Waals surface area contributed by atoms with E-state index in [-0.39, 0.29) is 5.84 Å². The molecule has 0 bridgehead atoms. The summed E-state index contributed by atoms with van der Waals surface area (Å²) in [6.07, 6.45) is -0.520. The maximum absolute atomic E-state index is 7.59. The van der Waals surface area contributed by atoms with Gasteiger partial charge in [0.2, 0.25) is 6.35 Å². The van der Waals surface area contributed by atoms with Crippen LogP contribution in [0.2, 0.25) is 0 Å². The molecular formula is C12H14N6O. The number of hydrogen-bond donors (Lipinski definition) is 5. The van der Waals surface area contributed by atoms with Crippen molar-refractivity contribution in [2.24, 2.45) is 16.5 Å². The number of nitrogens with zero attached hydrogens (tertiary/aromatic N) is 1. The molecule has 0 spiro atoms. The zero-order valence-corrected chi connectivity index (χ0v) is 10.3. The van der Waals surface area contributed by atoms with E-state index in [1.54, 1.807) is 7.05 Å². The Morgan fingerprint density at radius 1 is 1.47 bits per heavy atom. The maximum Gasteiger partial charge on any atom is 0.225 e. The predicted octanol–water partition coefficient (Wildman–Crippen LogP) is 0.0118. The van der Waals surface area contributed by atoms with E-state index in [0.717, 1.165) is 16.9 Å². The summed E-state index contributed by atoms with van der Waals surface area (Å²) in [4.78, 5) is 4.02. The molecular weight excluding hydrogens is 244 g/mol. The minimum Gasteiger partial charge on any atom is -0.456 e. The molecule has 0 aromatic heterocycles. The number of anilines is 1. The topological polar surface area (TPSA) is 122 Å². The van der Waals surface area contributed by atoms with Gasteiger partial charge in [0.25, 0.3) is 0 Å². The first kappa shape index (κ1) is 11.5. The van der Waals surface area contributed by atoms with Crippen molar-refractivity contribution in [1.29, 1.82) is 5.41 Å². The molecule has 3 rings (SSSR count). The van der Waals surface area contributed by atoms with Gasteiger partial charge >= 0.3 is 0 Å². The Morgan fingerprint density at radius 2 is 2.26 bits per heavy atom. The van der Waals surface area contributed by atoms with E-state index >= 15 is 0 Å². The van der Waals surface area contributed by atoms with Gasteiger partial charge in [0.1, 0.15) is 17.4 Å². The monoisotopic (exact) mass is 258 g/mol. The lowest BCUT2D eigenvalue weighted by Crippen LogP contribution is -2.42. The molecule has 0 aliphatic carbocycles. The molecule has 1 aromatic rings. The third kappa shape index (κ3) is 1.71. The highest BCUT2D eigenvalue weighted by molar-refractivity contribution is 6.33. The van der Waals surface area contributed by atoms with Crippen molar-refractivity contribution in [2.75, 3.05) is 12.4 Å². The largest absolute Gasteiger partial charge is 0.456 e. The minimum atomic E-state index is -0.520. The van der Waals surface area contributed by atoms with Crippen LogP contribution in [0, 0.1) is 5.41 Å². The molecule has 7 heteroatoms. The first-order chi connectivity index (χ1) is 9.10. The van der Waals surface area contributed by atoms with Gasteiger partial charge in [0, 0.05) is 12.6 Å². The van der Waals surface area contributed by atoms with Crippen LogP contribution < -0.4 is 26.8 Å². The Balaban J connectivity index is 2.03. The summed E-state index contributed by atoms with van der Waals surface area (Å²) < 4.78 is 5.35. The fourth-order valence-corrected chi connectivity index (χ4v) is 2.17. The van der Waals surface area contributed by atoms with Gasteiger partial charge in [0.05, 0.1) is 17.0 Å². The molecule has 2 heterocycles. The van der Waals surface area contributed by atoms with Crippen LogP contribution in [0.5, 0.6) is 5.75 Å². The van der Waals surface area contributed by atoms with Gasteiger partial charge in [-0.3, -0.25) is 16.1 Å². The lowest BCUT2D eigenvalue weighted by molar-refractivity contribution is 0.262. The van der Waals surface area contributed by atoms with Crippen LogP contribution in [0.3, 0.4) is 0 Å². The molecule has 1 aromatic carbocycles. The number of amidine groups is 2. The summed E-state index contributed by atoms with van der Waals surface area (Å²) in [6, 6.07) is 5.62. The second kappa shape index (κ2) is 3.99. The Hall–Kier alpha value is -2.54. The Kier molecular flexibility index (Phi) is 2.42. The third-order valence-corrected chi connectivity index (χ3v) is 3.04. The Morgan fingerprint density at radius 3 is 2.95 bits per heavy atom. The van der Waals surface area contributed by atoms with Crippen molar-refractivity contribution < 1.29 is 4.74 Å². The number of hydrogen-bond acceptors (Lipinski definition) is 5. The second-order valence-corrected chi connectivity index (χ2v) is 4.25. The average Bonchev–Trinajstić information content (AvgIpc) is 2.66. The van der Waals surface area contributed by atoms with Gasteiger partial charge in [-0.15, -0.1) is 0 Å².